The fourth-order valence-corrected chi connectivity index (χ4v) is 2.93. The van der Waals surface area contributed by atoms with Crippen molar-refractivity contribution in [3.05, 3.63) is 29.6 Å². The van der Waals surface area contributed by atoms with Crippen molar-refractivity contribution in [3.63, 3.8) is 0 Å². The maximum Gasteiger partial charge on any atom is 0.251 e. The van der Waals surface area contributed by atoms with E-state index in [2.05, 4.69) is 24.9 Å². The number of rotatable bonds is 3. The zero-order valence-corrected chi connectivity index (χ0v) is 12.1. The monoisotopic (exact) mass is 281 g/mol. The molecule has 1 N–H and O–H groups in total. The molecule has 0 spiro atoms. The van der Waals surface area contributed by atoms with E-state index in [9.17, 15) is 9.18 Å². The van der Waals surface area contributed by atoms with Crippen LogP contribution in [0.4, 0.5) is 4.39 Å². The van der Waals surface area contributed by atoms with Gasteiger partial charge in [0.15, 0.2) is 0 Å². The third-order valence-corrected chi connectivity index (χ3v) is 4.25. The molecule has 1 amide bonds. The Morgan fingerprint density at radius 1 is 1.47 bits per heavy atom. The largest absolute Gasteiger partial charge is 0.349 e. The lowest BCUT2D eigenvalue weighted by atomic mass is 9.84. The van der Waals surface area contributed by atoms with Crippen LogP contribution in [0.2, 0.25) is 0 Å². The minimum Gasteiger partial charge on any atom is -0.349 e. The van der Waals surface area contributed by atoms with Gasteiger partial charge >= 0.3 is 0 Å². The fraction of sp³-hybridized carbons (Fsp3) is 0.533. The highest BCUT2D eigenvalue weighted by molar-refractivity contribution is 7.80. The lowest BCUT2D eigenvalue weighted by molar-refractivity contribution is 0.0919. The molecule has 104 valence electrons. The first-order valence-electron chi connectivity index (χ1n) is 6.89. The molecule has 1 aromatic rings. The molecule has 1 aliphatic rings. The number of benzene rings is 1. The smallest absolute Gasteiger partial charge is 0.251 e. The Morgan fingerprint density at radius 3 is 2.95 bits per heavy atom. The number of carbonyl (C=O) groups excluding carboxylic acids is 1. The van der Waals surface area contributed by atoms with Crippen molar-refractivity contribution >= 4 is 18.5 Å². The summed E-state index contributed by atoms with van der Waals surface area (Å²) in [5.41, 5.74) is 0.477. The van der Waals surface area contributed by atoms with Gasteiger partial charge in [0.25, 0.3) is 5.91 Å². The Morgan fingerprint density at radius 2 is 2.26 bits per heavy atom. The second-order valence-corrected chi connectivity index (χ2v) is 5.76. The van der Waals surface area contributed by atoms with Crippen LogP contribution in [0.1, 0.15) is 49.4 Å². The molecule has 0 saturated heterocycles. The number of hydrogen-bond acceptors (Lipinski definition) is 2. The molecule has 19 heavy (non-hydrogen) atoms. The van der Waals surface area contributed by atoms with Crippen LogP contribution in [0.15, 0.2) is 23.1 Å². The van der Waals surface area contributed by atoms with Gasteiger partial charge in [-0.2, -0.15) is 0 Å². The third-order valence-electron chi connectivity index (χ3n) is 3.90. The topological polar surface area (TPSA) is 29.1 Å². The number of carbonyl (C=O) groups is 1. The summed E-state index contributed by atoms with van der Waals surface area (Å²) in [6.07, 6.45) is 5.70. The molecule has 0 aliphatic heterocycles. The minimum absolute atomic E-state index is 0.128. The van der Waals surface area contributed by atoms with Gasteiger partial charge in [-0.1, -0.05) is 26.2 Å². The average Bonchev–Trinajstić information content (AvgIpc) is 2.42. The maximum absolute atomic E-state index is 13.1. The Hall–Kier alpha value is -1.03. The molecule has 0 radical (unpaired) electrons. The summed E-state index contributed by atoms with van der Waals surface area (Å²) in [7, 11) is 0. The second kappa shape index (κ2) is 6.42. The van der Waals surface area contributed by atoms with Crippen LogP contribution in [-0.4, -0.2) is 11.9 Å². The first-order chi connectivity index (χ1) is 9.10. The Balaban J connectivity index is 1.98. The van der Waals surface area contributed by atoms with Gasteiger partial charge in [0, 0.05) is 16.5 Å². The molecule has 1 aliphatic carbocycles. The molecule has 2 nitrogen and oxygen atoms in total. The molecule has 1 aromatic carbocycles. The molecule has 1 fully saturated rings. The van der Waals surface area contributed by atoms with Crippen LogP contribution >= 0.6 is 12.6 Å². The van der Waals surface area contributed by atoms with Crippen molar-refractivity contribution < 1.29 is 9.18 Å². The zero-order chi connectivity index (χ0) is 13.8. The fourth-order valence-electron chi connectivity index (χ4n) is 2.72. The van der Waals surface area contributed by atoms with Crippen LogP contribution in [-0.2, 0) is 0 Å². The highest BCUT2D eigenvalue weighted by atomic mass is 32.1. The van der Waals surface area contributed by atoms with E-state index in [0.717, 1.165) is 12.8 Å². The number of nitrogens with one attached hydrogen (secondary N) is 1. The van der Waals surface area contributed by atoms with Crippen LogP contribution in [0, 0.1) is 11.7 Å². The Labute approximate surface area is 119 Å². The van der Waals surface area contributed by atoms with Crippen molar-refractivity contribution in [2.45, 2.75) is 50.0 Å². The van der Waals surface area contributed by atoms with E-state index in [4.69, 9.17) is 0 Å². The number of amides is 1. The molecule has 0 bridgehead atoms. The number of thiol groups is 1. The molecule has 1 saturated carbocycles. The summed E-state index contributed by atoms with van der Waals surface area (Å²) in [4.78, 5) is 12.3. The van der Waals surface area contributed by atoms with Crippen molar-refractivity contribution in [1.29, 1.82) is 0 Å². The SMILES string of the molecule is CCC1CCCC(NC(=O)c2ccc(F)c(S)c2)C1. The van der Waals surface area contributed by atoms with Gasteiger partial charge in [0.05, 0.1) is 0 Å². The first kappa shape index (κ1) is 14.4. The summed E-state index contributed by atoms with van der Waals surface area (Å²) < 4.78 is 13.1. The normalized spacial score (nSPS) is 23.1. The van der Waals surface area contributed by atoms with Gasteiger partial charge in [-0.25, -0.2) is 4.39 Å². The molecule has 0 aromatic heterocycles. The van der Waals surface area contributed by atoms with Crippen molar-refractivity contribution in [3.8, 4) is 0 Å². The van der Waals surface area contributed by atoms with E-state index >= 15 is 0 Å². The molecular weight excluding hydrogens is 261 g/mol. The number of hydrogen-bond donors (Lipinski definition) is 2. The van der Waals surface area contributed by atoms with Crippen LogP contribution in [0.25, 0.3) is 0 Å². The highest BCUT2D eigenvalue weighted by Crippen LogP contribution is 2.26. The second-order valence-electron chi connectivity index (χ2n) is 5.28. The standard InChI is InChI=1S/C15H20FNOS/c1-2-10-4-3-5-12(8-10)17-15(18)11-6-7-13(16)14(19)9-11/h6-7,9-10,12,19H,2-5,8H2,1H3,(H,17,18). The molecular formula is C15H20FNOS. The van der Waals surface area contributed by atoms with Gasteiger partial charge in [-0.15, -0.1) is 12.6 Å². The van der Waals surface area contributed by atoms with E-state index in [1.54, 1.807) is 0 Å². The minimum atomic E-state index is -0.399. The van der Waals surface area contributed by atoms with Crippen molar-refractivity contribution in [2.24, 2.45) is 5.92 Å². The lowest BCUT2D eigenvalue weighted by Gasteiger charge is -2.29. The lowest BCUT2D eigenvalue weighted by Crippen LogP contribution is -2.38. The summed E-state index contributed by atoms with van der Waals surface area (Å²) in [6, 6.07) is 4.52. The summed E-state index contributed by atoms with van der Waals surface area (Å²) in [5, 5.41) is 3.05. The van der Waals surface area contributed by atoms with Crippen molar-refractivity contribution in [2.75, 3.05) is 0 Å². The zero-order valence-electron chi connectivity index (χ0n) is 11.2. The van der Waals surface area contributed by atoms with Crippen LogP contribution < -0.4 is 5.32 Å². The summed E-state index contributed by atoms with van der Waals surface area (Å²) in [6.45, 7) is 2.20. The molecule has 2 atom stereocenters. The maximum atomic E-state index is 13.1. The van der Waals surface area contributed by atoms with Crippen molar-refractivity contribution in [1.82, 2.24) is 5.32 Å². The predicted octanol–water partition coefficient (Wildman–Crippen LogP) is 3.81. The Kier molecular flexibility index (Phi) is 4.86. The summed E-state index contributed by atoms with van der Waals surface area (Å²) >= 11 is 4.00. The first-order valence-corrected chi connectivity index (χ1v) is 7.34. The quantitative estimate of drug-likeness (QED) is 0.810. The van der Waals surface area contributed by atoms with E-state index < -0.39 is 5.82 Å². The van der Waals surface area contributed by atoms with E-state index in [-0.39, 0.29) is 16.8 Å². The molecule has 2 rings (SSSR count). The summed E-state index contributed by atoms with van der Waals surface area (Å²) in [5.74, 6) is 0.188. The molecule has 2 unspecified atom stereocenters. The molecule has 4 heteroatoms. The van der Waals surface area contributed by atoms with Gasteiger partial charge in [0.1, 0.15) is 5.82 Å². The van der Waals surface area contributed by atoms with Gasteiger partial charge in [-0.05, 0) is 37.0 Å². The van der Waals surface area contributed by atoms with Gasteiger partial charge < -0.3 is 5.32 Å². The van der Waals surface area contributed by atoms with E-state index in [0.29, 0.717) is 11.5 Å². The number of halogens is 1. The van der Waals surface area contributed by atoms with Gasteiger partial charge in [0.2, 0.25) is 0 Å². The molecule has 0 heterocycles. The van der Waals surface area contributed by atoms with E-state index in [1.165, 1.54) is 37.5 Å². The van der Waals surface area contributed by atoms with Gasteiger partial charge in [-0.3, -0.25) is 4.79 Å². The highest BCUT2D eigenvalue weighted by Gasteiger charge is 2.22. The van der Waals surface area contributed by atoms with Crippen LogP contribution in [0.3, 0.4) is 0 Å². The Bertz CT molecular complexity index is 463. The third kappa shape index (κ3) is 3.72. The van der Waals surface area contributed by atoms with E-state index in [1.807, 2.05) is 0 Å². The average molecular weight is 281 g/mol. The predicted molar refractivity (Wildman–Crippen MR) is 77.2 cm³/mol. The van der Waals surface area contributed by atoms with Crippen LogP contribution in [0.5, 0.6) is 0 Å².